The third-order valence-corrected chi connectivity index (χ3v) is 3.10. The van der Waals surface area contributed by atoms with Crippen LogP contribution in [0.2, 0.25) is 0 Å². The van der Waals surface area contributed by atoms with Crippen LogP contribution in [0.15, 0.2) is 0 Å². The second kappa shape index (κ2) is 11.9. The average Bonchev–Trinajstić information content (AvgIpc) is 2.36. The van der Waals surface area contributed by atoms with Crippen LogP contribution >= 0.6 is 0 Å². The van der Waals surface area contributed by atoms with Gasteiger partial charge in [0.15, 0.2) is 0 Å². The summed E-state index contributed by atoms with van der Waals surface area (Å²) < 4.78 is 15.8. The van der Waals surface area contributed by atoms with Gasteiger partial charge in [0.25, 0.3) is 0 Å². The van der Waals surface area contributed by atoms with Crippen molar-refractivity contribution in [2.24, 2.45) is 5.73 Å². The van der Waals surface area contributed by atoms with Gasteiger partial charge < -0.3 is 19.9 Å². The summed E-state index contributed by atoms with van der Waals surface area (Å²) in [5.41, 5.74) is 5.60. The Balaban J connectivity index is 4.50. The van der Waals surface area contributed by atoms with Gasteiger partial charge in [0.2, 0.25) is 0 Å². The molecule has 0 saturated heterocycles. The smallest absolute Gasteiger partial charge is 0.0618 e. The fourth-order valence-corrected chi connectivity index (χ4v) is 2.19. The van der Waals surface area contributed by atoms with Crippen LogP contribution in [0.5, 0.6) is 0 Å². The van der Waals surface area contributed by atoms with E-state index in [-0.39, 0.29) is 0 Å². The van der Waals surface area contributed by atoms with Crippen molar-refractivity contribution in [2.45, 2.75) is 31.8 Å². The average molecular weight is 262 g/mol. The molecular formula is C13H30N2O3. The van der Waals surface area contributed by atoms with Gasteiger partial charge in [0.1, 0.15) is 0 Å². The zero-order valence-electron chi connectivity index (χ0n) is 12.4. The molecule has 2 unspecified atom stereocenters. The second-order valence-electron chi connectivity index (χ2n) is 4.58. The lowest BCUT2D eigenvalue weighted by Gasteiger charge is -2.35. The van der Waals surface area contributed by atoms with Gasteiger partial charge in [-0.1, -0.05) is 0 Å². The molecule has 0 saturated carbocycles. The Labute approximate surface area is 112 Å². The molecule has 0 aliphatic heterocycles. The first-order chi connectivity index (χ1) is 8.71. The summed E-state index contributed by atoms with van der Waals surface area (Å²) in [7, 11) is 5.20. The zero-order valence-corrected chi connectivity index (χ0v) is 12.4. The molecule has 5 heteroatoms. The third-order valence-electron chi connectivity index (χ3n) is 3.10. The van der Waals surface area contributed by atoms with Crippen LogP contribution in [-0.4, -0.2) is 71.2 Å². The molecule has 0 bridgehead atoms. The first-order valence-corrected chi connectivity index (χ1v) is 6.63. The molecule has 0 radical (unpaired) electrons. The van der Waals surface area contributed by atoms with Gasteiger partial charge in [0.05, 0.1) is 19.8 Å². The van der Waals surface area contributed by atoms with Crippen LogP contribution in [0.3, 0.4) is 0 Å². The number of nitrogens with two attached hydrogens (primary N) is 1. The van der Waals surface area contributed by atoms with E-state index in [2.05, 4.69) is 11.8 Å². The highest BCUT2D eigenvalue weighted by atomic mass is 16.5. The topological polar surface area (TPSA) is 57.0 Å². The number of rotatable bonds is 12. The summed E-state index contributed by atoms with van der Waals surface area (Å²) >= 11 is 0. The molecular weight excluding hydrogens is 232 g/mol. The predicted molar refractivity (Wildman–Crippen MR) is 73.9 cm³/mol. The summed E-state index contributed by atoms with van der Waals surface area (Å²) in [6, 6.07) is 0.724. The van der Waals surface area contributed by atoms with Crippen LogP contribution in [0.1, 0.15) is 19.8 Å². The van der Waals surface area contributed by atoms with Crippen molar-refractivity contribution < 1.29 is 14.2 Å². The Hall–Kier alpha value is -0.200. The van der Waals surface area contributed by atoms with E-state index >= 15 is 0 Å². The molecule has 0 amide bonds. The minimum absolute atomic E-state index is 0.350. The Kier molecular flexibility index (Phi) is 11.7. The van der Waals surface area contributed by atoms with E-state index in [1.54, 1.807) is 21.3 Å². The summed E-state index contributed by atoms with van der Waals surface area (Å²) in [4.78, 5) is 2.40. The van der Waals surface area contributed by atoms with Crippen molar-refractivity contribution in [1.29, 1.82) is 0 Å². The van der Waals surface area contributed by atoms with E-state index in [0.29, 0.717) is 18.7 Å². The minimum Gasteiger partial charge on any atom is -0.383 e. The van der Waals surface area contributed by atoms with E-state index in [4.69, 9.17) is 19.9 Å². The van der Waals surface area contributed by atoms with Crippen LogP contribution in [-0.2, 0) is 14.2 Å². The van der Waals surface area contributed by atoms with E-state index in [9.17, 15) is 0 Å². The Bertz CT molecular complexity index is 182. The maximum atomic E-state index is 5.60. The molecule has 0 spiro atoms. The number of methoxy groups -OCH3 is 3. The summed E-state index contributed by atoms with van der Waals surface area (Å²) in [5.74, 6) is 0. The second-order valence-corrected chi connectivity index (χ2v) is 4.58. The van der Waals surface area contributed by atoms with Gasteiger partial charge >= 0.3 is 0 Å². The quantitative estimate of drug-likeness (QED) is 0.562. The van der Waals surface area contributed by atoms with Gasteiger partial charge in [-0.2, -0.15) is 0 Å². The summed E-state index contributed by atoms with van der Waals surface area (Å²) in [5, 5.41) is 0. The van der Waals surface area contributed by atoms with Gasteiger partial charge in [0, 0.05) is 40.0 Å². The molecule has 0 aromatic heterocycles. The monoisotopic (exact) mass is 262 g/mol. The van der Waals surface area contributed by atoms with Crippen molar-refractivity contribution >= 4 is 0 Å². The van der Waals surface area contributed by atoms with Crippen molar-refractivity contribution in [1.82, 2.24) is 4.90 Å². The number of hydrogen-bond acceptors (Lipinski definition) is 5. The van der Waals surface area contributed by atoms with Crippen molar-refractivity contribution in [2.75, 3.05) is 54.2 Å². The van der Waals surface area contributed by atoms with Gasteiger partial charge in [-0.05, 0) is 26.3 Å². The first kappa shape index (κ1) is 17.8. The molecule has 0 aromatic rings. The zero-order chi connectivity index (χ0) is 13.8. The van der Waals surface area contributed by atoms with Gasteiger partial charge in [-0.25, -0.2) is 0 Å². The SMILES string of the molecule is COCCN(C(C)COC)C(CCCN)COC. The molecule has 2 N–H and O–H groups in total. The first-order valence-electron chi connectivity index (χ1n) is 6.63. The number of nitrogens with zero attached hydrogens (tertiary/aromatic N) is 1. The van der Waals surface area contributed by atoms with Crippen LogP contribution < -0.4 is 5.73 Å². The third kappa shape index (κ3) is 7.28. The minimum atomic E-state index is 0.350. The van der Waals surface area contributed by atoms with Crippen molar-refractivity contribution in [3.8, 4) is 0 Å². The molecule has 18 heavy (non-hydrogen) atoms. The van der Waals surface area contributed by atoms with Crippen molar-refractivity contribution in [3.05, 3.63) is 0 Å². The molecule has 0 fully saturated rings. The summed E-state index contributed by atoms with van der Waals surface area (Å²) in [6.45, 7) is 5.93. The fourth-order valence-electron chi connectivity index (χ4n) is 2.19. The number of ether oxygens (including phenoxy) is 3. The standard InChI is InChI=1S/C13H30N2O3/c1-12(10-17-3)15(8-9-16-2)13(11-18-4)6-5-7-14/h12-13H,5-11,14H2,1-4H3. The highest BCUT2D eigenvalue weighted by molar-refractivity contribution is 4.77. The fraction of sp³-hybridized carbons (Fsp3) is 1.00. The van der Waals surface area contributed by atoms with Crippen LogP contribution in [0.4, 0.5) is 0 Å². The molecule has 110 valence electrons. The largest absolute Gasteiger partial charge is 0.383 e. The summed E-state index contributed by atoms with van der Waals surface area (Å²) in [6.07, 6.45) is 2.05. The maximum absolute atomic E-state index is 5.60. The normalized spacial score (nSPS) is 15.0. The molecule has 5 nitrogen and oxygen atoms in total. The van der Waals surface area contributed by atoms with E-state index < -0.39 is 0 Å². The lowest BCUT2D eigenvalue weighted by molar-refractivity contribution is 0.0139. The van der Waals surface area contributed by atoms with Crippen molar-refractivity contribution in [3.63, 3.8) is 0 Å². The lowest BCUT2D eigenvalue weighted by Crippen LogP contribution is -2.47. The highest BCUT2D eigenvalue weighted by Gasteiger charge is 2.22. The number of hydrogen-bond donors (Lipinski definition) is 1. The van der Waals surface area contributed by atoms with E-state index in [0.717, 1.165) is 39.1 Å². The molecule has 0 aliphatic rings. The lowest BCUT2D eigenvalue weighted by atomic mass is 10.1. The van der Waals surface area contributed by atoms with E-state index in [1.165, 1.54) is 0 Å². The molecule has 0 rings (SSSR count). The molecule has 0 heterocycles. The van der Waals surface area contributed by atoms with Gasteiger partial charge in [-0.15, -0.1) is 0 Å². The van der Waals surface area contributed by atoms with Gasteiger partial charge in [-0.3, -0.25) is 4.90 Å². The Morgan fingerprint density at radius 1 is 1.06 bits per heavy atom. The Morgan fingerprint density at radius 2 is 1.72 bits per heavy atom. The molecule has 0 aliphatic carbocycles. The highest BCUT2D eigenvalue weighted by Crippen LogP contribution is 2.12. The van der Waals surface area contributed by atoms with E-state index in [1.807, 2.05) is 0 Å². The predicted octanol–water partition coefficient (Wildman–Crippen LogP) is 0.724. The molecule has 0 aromatic carbocycles. The Morgan fingerprint density at radius 3 is 2.22 bits per heavy atom. The van der Waals surface area contributed by atoms with Crippen LogP contribution in [0, 0.1) is 0 Å². The molecule has 2 atom stereocenters. The maximum Gasteiger partial charge on any atom is 0.0618 e. The van der Waals surface area contributed by atoms with Crippen LogP contribution in [0.25, 0.3) is 0 Å².